The number of aromatic nitrogens is 2. The second kappa shape index (κ2) is 3.91. The van der Waals surface area contributed by atoms with Gasteiger partial charge in [-0.1, -0.05) is 29.8 Å². The molecule has 1 aromatic carbocycles. The third-order valence-electron chi connectivity index (χ3n) is 3.34. The minimum atomic E-state index is 0.918. The van der Waals surface area contributed by atoms with Gasteiger partial charge in [-0.25, -0.2) is 4.68 Å². The van der Waals surface area contributed by atoms with Crippen molar-refractivity contribution in [1.82, 2.24) is 9.78 Å². The number of anilines is 1. The maximum absolute atomic E-state index is 4.70. The topological polar surface area (TPSA) is 29.9 Å². The standard InChI is InChI=1S/C14H17N3/c1-3-17-14-12(8-9-15-14)13(16-17)11-6-4-10(2)5-7-11/h4-7,15H,3,8-9H2,1-2H3. The van der Waals surface area contributed by atoms with Crippen LogP contribution in [0.2, 0.25) is 0 Å². The van der Waals surface area contributed by atoms with E-state index < -0.39 is 0 Å². The molecule has 0 amide bonds. The average molecular weight is 227 g/mol. The van der Waals surface area contributed by atoms with Gasteiger partial charge in [-0.2, -0.15) is 5.10 Å². The Balaban J connectivity index is 2.12. The summed E-state index contributed by atoms with van der Waals surface area (Å²) in [4.78, 5) is 0. The number of aryl methyl sites for hydroxylation is 2. The highest BCUT2D eigenvalue weighted by molar-refractivity contribution is 5.71. The molecule has 3 heteroatoms. The third-order valence-corrected chi connectivity index (χ3v) is 3.34. The summed E-state index contributed by atoms with van der Waals surface area (Å²) in [6.45, 7) is 6.19. The molecule has 0 saturated heterocycles. The summed E-state index contributed by atoms with van der Waals surface area (Å²) in [6.07, 6.45) is 1.08. The van der Waals surface area contributed by atoms with Crippen LogP contribution < -0.4 is 5.32 Å². The van der Waals surface area contributed by atoms with Crippen molar-refractivity contribution in [2.45, 2.75) is 26.8 Å². The van der Waals surface area contributed by atoms with Crippen molar-refractivity contribution in [1.29, 1.82) is 0 Å². The summed E-state index contributed by atoms with van der Waals surface area (Å²) in [5.41, 5.74) is 5.03. The predicted octanol–water partition coefficient (Wildman–Crippen LogP) is 2.85. The molecule has 1 N–H and O–H groups in total. The number of rotatable bonds is 2. The van der Waals surface area contributed by atoms with Gasteiger partial charge in [-0.15, -0.1) is 0 Å². The zero-order valence-corrected chi connectivity index (χ0v) is 10.3. The third kappa shape index (κ3) is 1.62. The lowest BCUT2D eigenvalue weighted by Gasteiger charge is -2.02. The van der Waals surface area contributed by atoms with Crippen LogP contribution in [0.3, 0.4) is 0 Å². The van der Waals surface area contributed by atoms with Crippen molar-refractivity contribution < 1.29 is 0 Å². The van der Waals surface area contributed by atoms with Gasteiger partial charge in [0.05, 0.1) is 5.69 Å². The quantitative estimate of drug-likeness (QED) is 0.855. The van der Waals surface area contributed by atoms with Gasteiger partial charge in [0.2, 0.25) is 0 Å². The summed E-state index contributed by atoms with van der Waals surface area (Å²) in [7, 11) is 0. The highest BCUT2D eigenvalue weighted by Gasteiger charge is 2.22. The number of nitrogens with one attached hydrogen (secondary N) is 1. The van der Waals surface area contributed by atoms with Gasteiger partial charge in [-0.05, 0) is 20.3 Å². The molecule has 17 heavy (non-hydrogen) atoms. The van der Waals surface area contributed by atoms with Crippen LogP contribution in [0.15, 0.2) is 24.3 Å². The van der Waals surface area contributed by atoms with E-state index in [1.54, 1.807) is 0 Å². The van der Waals surface area contributed by atoms with Crippen molar-refractivity contribution >= 4 is 5.82 Å². The monoisotopic (exact) mass is 227 g/mol. The lowest BCUT2D eigenvalue weighted by atomic mass is 10.1. The van der Waals surface area contributed by atoms with Crippen LogP contribution in [0.5, 0.6) is 0 Å². The molecular formula is C14H17N3. The molecule has 0 radical (unpaired) electrons. The fourth-order valence-corrected chi connectivity index (χ4v) is 2.41. The number of hydrogen-bond acceptors (Lipinski definition) is 2. The molecule has 0 atom stereocenters. The van der Waals surface area contributed by atoms with Crippen molar-refractivity contribution in [3.63, 3.8) is 0 Å². The molecule has 0 fully saturated rings. The first-order valence-corrected chi connectivity index (χ1v) is 6.20. The van der Waals surface area contributed by atoms with Crippen molar-refractivity contribution in [3.8, 4) is 11.3 Å². The Morgan fingerprint density at radius 2 is 2.06 bits per heavy atom. The van der Waals surface area contributed by atoms with Crippen LogP contribution in [0.25, 0.3) is 11.3 Å². The van der Waals surface area contributed by atoms with Crippen molar-refractivity contribution in [2.24, 2.45) is 0 Å². The van der Waals surface area contributed by atoms with Gasteiger partial charge in [0.1, 0.15) is 5.82 Å². The summed E-state index contributed by atoms with van der Waals surface area (Å²) in [5.74, 6) is 1.21. The predicted molar refractivity (Wildman–Crippen MR) is 70.3 cm³/mol. The lowest BCUT2D eigenvalue weighted by molar-refractivity contribution is 0.668. The molecule has 0 saturated carbocycles. The molecule has 0 spiro atoms. The van der Waals surface area contributed by atoms with Gasteiger partial charge in [0, 0.05) is 24.2 Å². The summed E-state index contributed by atoms with van der Waals surface area (Å²) in [5, 5.41) is 8.13. The fraction of sp³-hybridized carbons (Fsp3) is 0.357. The molecule has 0 aliphatic carbocycles. The highest BCUT2D eigenvalue weighted by Crippen LogP contribution is 2.32. The highest BCUT2D eigenvalue weighted by atomic mass is 15.3. The van der Waals surface area contributed by atoms with Crippen LogP contribution in [0.4, 0.5) is 5.82 Å². The Labute approximate surface area is 101 Å². The first kappa shape index (κ1) is 10.4. The number of fused-ring (bicyclic) bond motifs is 1. The Bertz CT molecular complexity index is 537. The molecule has 1 aliphatic heterocycles. The minimum absolute atomic E-state index is 0.918. The van der Waals surface area contributed by atoms with Crippen LogP contribution in [0, 0.1) is 6.92 Å². The van der Waals surface area contributed by atoms with Crippen LogP contribution >= 0.6 is 0 Å². The van der Waals surface area contributed by atoms with E-state index in [1.807, 2.05) is 0 Å². The Morgan fingerprint density at radius 1 is 1.29 bits per heavy atom. The lowest BCUT2D eigenvalue weighted by Crippen LogP contribution is -2.04. The Morgan fingerprint density at radius 3 is 2.76 bits per heavy atom. The largest absolute Gasteiger partial charge is 0.370 e. The zero-order chi connectivity index (χ0) is 11.8. The Hall–Kier alpha value is -1.77. The van der Waals surface area contributed by atoms with Crippen LogP contribution in [-0.4, -0.2) is 16.3 Å². The van der Waals surface area contributed by atoms with E-state index >= 15 is 0 Å². The van der Waals surface area contributed by atoms with Gasteiger partial charge >= 0.3 is 0 Å². The number of benzene rings is 1. The van der Waals surface area contributed by atoms with E-state index in [4.69, 9.17) is 5.10 Å². The summed E-state index contributed by atoms with van der Waals surface area (Å²) < 4.78 is 2.07. The second-order valence-electron chi connectivity index (χ2n) is 4.53. The molecule has 3 nitrogen and oxygen atoms in total. The zero-order valence-electron chi connectivity index (χ0n) is 10.3. The van der Waals surface area contributed by atoms with Gasteiger partial charge < -0.3 is 5.32 Å². The molecular weight excluding hydrogens is 210 g/mol. The fourth-order valence-electron chi connectivity index (χ4n) is 2.41. The molecule has 1 aliphatic rings. The molecule has 88 valence electrons. The summed E-state index contributed by atoms with van der Waals surface area (Å²) >= 11 is 0. The van der Waals surface area contributed by atoms with Crippen LogP contribution in [-0.2, 0) is 13.0 Å². The average Bonchev–Trinajstić information content (AvgIpc) is 2.91. The maximum Gasteiger partial charge on any atom is 0.128 e. The first-order valence-electron chi connectivity index (χ1n) is 6.20. The maximum atomic E-state index is 4.70. The van der Waals surface area contributed by atoms with E-state index in [-0.39, 0.29) is 0 Å². The van der Waals surface area contributed by atoms with E-state index in [9.17, 15) is 0 Å². The van der Waals surface area contributed by atoms with Gasteiger partial charge in [0.25, 0.3) is 0 Å². The van der Waals surface area contributed by atoms with Crippen molar-refractivity contribution in [2.75, 3.05) is 11.9 Å². The molecule has 3 rings (SSSR count). The normalized spacial score (nSPS) is 13.5. The van der Waals surface area contributed by atoms with E-state index in [0.717, 1.165) is 25.2 Å². The molecule has 1 aromatic heterocycles. The van der Waals surface area contributed by atoms with Crippen molar-refractivity contribution in [3.05, 3.63) is 35.4 Å². The molecule has 0 bridgehead atoms. The number of hydrogen-bond donors (Lipinski definition) is 1. The second-order valence-corrected chi connectivity index (χ2v) is 4.53. The van der Waals surface area contributed by atoms with Crippen LogP contribution in [0.1, 0.15) is 18.1 Å². The van der Waals surface area contributed by atoms with Gasteiger partial charge in [0.15, 0.2) is 0 Å². The molecule has 2 aromatic rings. The minimum Gasteiger partial charge on any atom is -0.370 e. The van der Waals surface area contributed by atoms with E-state index in [1.165, 1.54) is 22.5 Å². The SMILES string of the molecule is CCn1nc(-c2ccc(C)cc2)c2c1NCC2. The smallest absolute Gasteiger partial charge is 0.128 e. The number of nitrogens with zero attached hydrogens (tertiary/aromatic N) is 2. The first-order chi connectivity index (χ1) is 8.29. The summed E-state index contributed by atoms with van der Waals surface area (Å²) in [6, 6.07) is 8.62. The van der Waals surface area contributed by atoms with E-state index in [0.29, 0.717) is 0 Å². The van der Waals surface area contributed by atoms with E-state index in [2.05, 4.69) is 48.1 Å². The molecule has 2 heterocycles. The Kier molecular flexibility index (Phi) is 2.39. The molecule has 0 unspecified atom stereocenters. The van der Waals surface area contributed by atoms with Gasteiger partial charge in [-0.3, -0.25) is 0 Å².